The van der Waals surface area contributed by atoms with Crippen LogP contribution in [0.3, 0.4) is 0 Å². The molecule has 2 aromatic rings. The average molecular weight is 244 g/mol. The first-order chi connectivity index (χ1) is 8.50. The van der Waals surface area contributed by atoms with Gasteiger partial charge in [-0.1, -0.05) is 30.3 Å². The molecule has 2 rings (SSSR count). The van der Waals surface area contributed by atoms with Crippen molar-refractivity contribution >= 4 is 5.78 Å². The zero-order valence-corrected chi connectivity index (χ0v) is 10.8. The molecule has 1 heterocycles. The SMILES string of the molecule is CC(=O)c1nnnn1C(C)(C)Cc1ccccc1. The lowest BCUT2D eigenvalue weighted by Gasteiger charge is -2.25. The maximum atomic E-state index is 11.5. The predicted octanol–water partition coefficient (Wildman–Crippen LogP) is 1.85. The second-order valence-corrected chi connectivity index (χ2v) is 4.95. The summed E-state index contributed by atoms with van der Waals surface area (Å²) < 4.78 is 1.60. The van der Waals surface area contributed by atoms with Crippen molar-refractivity contribution in [1.29, 1.82) is 0 Å². The van der Waals surface area contributed by atoms with Crippen molar-refractivity contribution in [3.63, 3.8) is 0 Å². The molecule has 0 aliphatic heterocycles. The average Bonchev–Trinajstić information content (AvgIpc) is 2.79. The van der Waals surface area contributed by atoms with Crippen molar-refractivity contribution in [2.75, 3.05) is 0 Å². The highest BCUT2D eigenvalue weighted by atomic mass is 16.1. The van der Waals surface area contributed by atoms with Gasteiger partial charge in [-0.3, -0.25) is 4.79 Å². The van der Waals surface area contributed by atoms with Crippen molar-refractivity contribution in [2.45, 2.75) is 32.7 Å². The third-order valence-electron chi connectivity index (χ3n) is 2.84. The van der Waals surface area contributed by atoms with E-state index in [0.29, 0.717) is 5.82 Å². The van der Waals surface area contributed by atoms with Gasteiger partial charge in [0.2, 0.25) is 5.82 Å². The summed E-state index contributed by atoms with van der Waals surface area (Å²) in [7, 11) is 0. The van der Waals surface area contributed by atoms with Gasteiger partial charge in [-0.05, 0) is 36.3 Å². The van der Waals surface area contributed by atoms with E-state index in [1.165, 1.54) is 12.5 Å². The number of benzene rings is 1. The number of carbonyl (C=O) groups is 1. The molecule has 0 saturated carbocycles. The van der Waals surface area contributed by atoms with E-state index in [-0.39, 0.29) is 11.3 Å². The maximum Gasteiger partial charge on any atom is 0.218 e. The van der Waals surface area contributed by atoms with Crippen molar-refractivity contribution in [3.05, 3.63) is 41.7 Å². The second-order valence-electron chi connectivity index (χ2n) is 4.95. The van der Waals surface area contributed by atoms with Crippen LogP contribution < -0.4 is 0 Å². The molecular weight excluding hydrogens is 228 g/mol. The largest absolute Gasteiger partial charge is 0.291 e. The number of tetrazole rings is 1. The Hall–Kier alpha value is -2.04. The molecule has 0 atom stereocenters. The zero-order valence-electron chi connectivity index (χ0n) is 10.8. The first-order valence-corrected chi connectivity index (χ1v) is 5.84. The number of nitrogens with zero attached hydrogens (tertiary/aromatic N) is 4. The van der Waals surface area contributed by atoms with Gasteiger partial charge < -0.3 is 0 Å². The Morgan fingerprint density at radius 1 is 1.28 bits per heavy atom. The first kappa shape index (κ1) is 12.4. The molecule has 5 heteroatoms. The summed E-state index contributed by atoms with van der Waals surface area (Å²) in [6.07, 6.45) is 0.763. The topological polar surface area (TPSA) is 60.7 Å². The number of aromatic nitrogens is 4. The number of hydrogen-bond donors (Lipinski definition) is 0. The van der Waals surface area contributed by atoms with Crippen molar-refractivity contribution in [1.82, 2.24) is 20.2 Å². The quantitative estimate of drug-likeness (QED) is 0.770. The lowest BCUT2D eigenvalue weighted by molar-refractivity contribution is 0.0988. The van der Waals surface area contributed by atoms with Crippen LogP contribution in [-0.2, 0) is 12.0 Å². The lowest BCUT2D eigenvalue weighted by Crippen LogP contribution is -2.32. The van der Waals surface area contributed by atoms with Gasteiger partial charge in [-0.2, -0.15) is 0 Å². The summed E-state index contributed by atoms with van der Waals surface area (Å²) in [6.45, 7) is 5.51. The Morgan fingerprint density at radius 2 is 1.94 bits per heavy atom. The van der Waals surface area contributed by atoms with E-state index in [1.807, 2.05) is 32.0 Å². The molecule has 0 fully saturated rings. The molecule has 0 unspecified atom stereocenters. The Morgan fingerprint density at radius 3 is 2.56 bits per heavy atom. The van der Waals surface area contributed by atoms with Gasteiger partial charge >= 0.3 is 0 Å². The maximum absolute atomic E-state index is 11.5. The van der Waals surface area contributed by atoms with E-state index in [2.05, 4.69) is 27.7 Å². The minimum Gasteiger partial charge on any atom is -0.291 e. The van der Waals surface area contributed by atoms with Crippen LogP contribution in [0, 0.1) is 0 Å². The van der Waals surface area contributed by atoms with E-state index in [1.54, 1.807) is 4.68 Å². The molecule has 0 bridgehead atoms. The molecule has 1 aromatic heterocycles. The van der Waals surface area contributed by atoms with Gasteiger partial charge in [0, 0.05) is 6.92 Å². The molecule has 0 N–H and O–H groups in total. The van der Waals surface area contributed by atoms with Gasteiger partial charge in [-0.15, -0.1) is 5.10 Å². The zero-order chi connectivity index (χ0) is 13.2. The first-order valence-electron chi connectivity index (χ1n) is 5.84. The molecule has 0 spiro atoms. The van der Waals surface area contributed by atoms with E-state index in [0.717, 1.165) is 6.42 Å². The molecule has 5 nitrogen and oxygen atoms in total. The summed E-state index contributed by atoms with van der Waals surface area (Å²) in [4.78, 5) is 11.5. The van der Waals surface area contributed by atoms with Crippen LogP contribution in [-0.4, -0.2) is 26.0 Å². The smallest absolute Gasteiger partial charge is 0.218 e. The van der Waals surface area contributed by atoms with Gasteiger partial charge in [0.15, 0.2) is 5.78 Å². The molecule has 0 saturated heterocycles. The summed E-state index contributed by atoms with van der Waals surface area (Å²) in [5, 5.41) is 11.3. The van der Waals surface area contributed by atoms with Crippen LogP contribution in [0.15, 0.2) is 30.3 Å². The fourth-order valence-electron chi connectivity index (χ4n) is 1.98. The lowest BCUT2D eigenvalue weighted by atomic mass is 9.95. The normalized spacial score (nSPS) is 11.5. The molecule has 0 radical (unpaired) electrons. The van der Waals surface area contributed by atoms with Crippen LogP contribution in [0.25, 0.3) is 0 Å². The standard InChI is InChI=1S/C13H16N4O/c1-10(18)12-14-15-16-17(12)13(2,3)9-11-7-5-4-6-8-11/h4-8H,9H2,1-3H3. The summed E-state index contributed by atoms with van der Waals surface area (Å²) in [6, 6.07) is 10.1. The monoisotopic (exact) mass is 244 g/mol. The van der Waals surface area contributed by atoms with Crippen LogP contribution in [0.1, 0.15) is 37.0 Å². The third kappa shape index (κ3) is 2.45. The van der Waals surface area contributed by atoms with Crippen LogP contribution in [0.2, 0.25) is 0 Å². The number of ketones is 1. The van der Waals surface area contributed by atoms with Crippen molar-refractivity contribution in [3.8, 4) is 0 Å². The van der Waals surface area contributed by atoms with E-state index in [4.69, 9.17) is 0 Å². The Bertz CT molecular complexity index is 545. The highest BCUT2D eigenvalue weighted by Crippen LogP contribution is 2.21. The fraction of sp³-hybridized carbons (Fsp3) is 0.385. The van der Waals surface area contributed by atoms with Crippen LogP contribution in [0.5, 0.6) is 0 Å². The van der Waals surface area contributed by atoms with Crippen molar-refractivity contribution < 1.29 is 4.79 Å². The second kappa shape index (κ2) is 4.68. The van der Waals surface area contributed by atoms with Gasteiger partial charge in [0.05, 0.1) is 5.54 Å². The van der Waals surface area contributed by atoms with Crippen molar-refractivity contribution in [2.24, 2.45) is 0 Å². The molecule has 18 heavy (non-hydrogen) atoms. The van der Waals surface area contributed by atoms with Gasteiger partial charge in [-0.25, -0.2) is 4.68 Å². The number of rotatable bonds is 4. The van der Waals surface area contributed by atoms with Gasteiger partial charge in [0.1, 0.15) is 0 Å². The third-order valence-corrected chi connectivity index (χ3v) is 2.84. The van der Waals surface area contributed by atoms with Crippen LogP contribution in [0.4, 0.5) is 0 Å². The summed E-state index contributed by atoms with van der Waals surface area (Å²) >= 11 is 0. The van der Waals surface area contributed by atoms with E-state index >= 15 is 0 Å². The Labute approximate surface area is 106 Å². The number of hydrogen-bond acceptors (Lipinski definition) is 4. The highest BCUT2D eigenvalue weighted by Gasteiger charge is 2.27. The van der Waals surface area contributed by atoms with E-state index < -0.39 is 0 Å². The molecular formula is C13H16N4O. The molecule has 0 aliphatic rings. The molecule has 1 aromatic carbocycles. The minimum absolute atomic E-state index is 0.124. The predicted molar refractivity (Wildman–Crippen MR) is 67.3 cm³/mol. The number of carbonyl (C=O) groups excluding carboxylic acids is 1. The molecule has 94 valence electrons. The Kier molecular flexibility index (Phi) is 3.23. The van der Waals surface area contributed by atoms with E-state index in [9.17, 15) is 4.79 Å². The van der Waals surface area contributed by atoms with Gasteiger partial charge in [0.25, 0.3) is 0 Å². The minimum atomic E-state index is -0.341. The summed E-state index contributed by atoms with van der Waals surface area (Å²) in [5.41, 5.74) is 0.846. The van der Waals surface area contributed by atoms with Crippen LogP contribution >= 0.6 is 0 Å². The summed E-state index contributed by atoms with van der Waals surface area (Å²) in [5.74, 6) is 0.178. The molecule has 0 aliphatic carbocycles. The number of Topliss-reactive ketones (excluding diaryl/α,β-unsaturated/α-hetero) is 1. The molecule has 0 amide bonds. The Balaban J connectivity index is 2.30. The fourth-order valence-corrected chi connectivity index (χ4v) is 1.98. The highest BCUT2D eigenvalue weighted by molar-refractivity contribution is 5.90.